The van der Waals surface area contributed by atoms with E-state index >= 15 is 0 Å². The average molecular weight is 741 g/mol. The van der Waals surface area contributed by atoms with Gasteiger partial charge in [-0.2, -0.15) is 0 Å². The van der Waals surface area contributed by atoms with Gasteiger partial charge in [-0.05, 0) is 45.1 Å². The summed E-state index contributed by atoms with van der Waals surface area (Å²) in [5.41, 5.74) is 5.36. The average Bonchev–Trinajstić information content (AvgIpc) is 2.83. The summed E-state index contributed by atoms with van der Waals surface area (Å²) < 4.78 is 16.7. The van der Waals surface area contributed by atoms with Crippen molar-refractivity contribution in [3.05, 3.63) is 0 Å². The van der Waals surface area contributed by atoms with E-state index in [1.165, 1.54) is 0 Å². The first-order valence-electron chi connectivity index (χ1n) is 12.1. The van der Waals surface area contributed by atoms with Gasteiger partial charge in [0.1, 0.15) is 18.1 Å². The fourth-order valence-electron chi connectivity index (χ4n) is 3.15. The number of aliphatic carboxylic acids is 4. The zero-order chi connectivity index (χ0) is 30.0. The minimum Gasteiger partial charge on any atom is -0.481 e. The van der Waals surface area contributed by atoms with Crippen LogP contribution in [0, 0.1) is 0 Å². The molecule has 0 saturated carbocycles. The van der Waals surface area contributed by atoms with Gasteiger partial charge >= 0.3 is 237 Å². The van der Waals surface area contributed by atoms with Crippen molar-refractivity contribution >= 4 is 43.4 Å². The van der Waals surface area contributed by atoms with Crippen LogP contribution in [0.25, 0.3) is 0 Å². The van der Waals surface area contributed by atoms with Crippen molar-refractivity contribution < 1.29 is 269 Å². The van der Waals surface area contributed by atoms with Crippen LogP contribution >= 0.6 is 7.75 Å². The van der Waals surface area contributed by atoms with Crippen molar-refractivity contribution in [1.82, 2.24) is 15.7 Å². The number of carbonyl (C=O) groups excluding carboxylic acids is 2. The fraction of sp³-hybridized carbons (Fsp3) is 0.714. The first-order chi connectivity index (χ1) is 18.2. The molecule has 0 radical (unpaired) electrons. The number of unbranched alkanes of at least 4 members (excludes halogenated alkanes) is 2. The number of nitrogens with two attached hydrogens (primary N) is 1. The molecule has 0 heterocycles. The Morgan fingerprint density at radius 3 is 1.58 bits per heavy atom. The van der Waals surface area contributed by atoms with Crippen LogP contribution in [0.15, 0.2) is 0 Å². The second-order valence-electron chi connectivity index (χ2n) is 8.50. The van der Waals surface area contributed by atoms with Crippen LogP contribution < -0.4 is 227 Å². The Labute approximate surface area is 419 Å². The molecule has 0 aromatic rings. The van der Waals surface area contributed by atoms with Crippen LogP contribution in [0.4, 0.5) is 0 Å². The van der Waals surface area contributed by atoms with Gasteiger partial charge in [-0.15, -0.1) is 0 Å². The Hall–Kier alpha value is 3.44. The number of carboxylic acids is 4. The second-order valence-corrected chi connectivity index (χ2v) is 10.1. The zero-order valence-electron chi connectivity index (χ0n) is 25.2. The summed E-state index contributed by atoms with van der Waals surface area (Å²) >= 11 is 0. The van der Waals surface area contributed by atoms with Crippen LogP contribution in [-0.2, 0) is 37.9 Å². The molecule has 0 fully saturated rings. The molecule has 224 valence electrons. The first-order valence-corrected chi connectivity index (χ1v) is 13.7. The monoisotopic (exact) mass is 740 g/mol. The number of carbonyl (C=O) groups is 6. The van der Waals surface area contributed by atoms with Crippen LogP contribution in [0.5, 0.6) is 0 Å². The molecule has 22 heteroatoms. The molecule has 0 rings (SSSR count). The van der Waals surface area contributed by atoms with E-state index in [0.717, 1.165) is 6.42 Å². The number of carboxylic acid groups (broad SMARTS) is 4. The number of rotatable bonds is 23. The maximum Gasteiger partial charge on any atom is 1.00 e. The standard InChI is InChI=1S/C21H37N4O13P.4K/c22-11-3-1-2-6-16(26)24-14(20(32)33)7-9-17(27)23-13(19(30)31)5-4-12-38-39(36,37)25-15(21(34)35)8-10-18(28)29;;;;/h13-15H,1-12,22H2,(H,23,27)(H,24,26)(H,28,29)(H,30,31)(H,32,33)(H,34,35)(H2,25,36,37);;;;/q;4*+1/t13-,14-,15-;;;;/m0..../s1. The van der Waals surface area contributed by atoms with Gasteiger partial charge in [0.25, 0.3) is 0 Å². The third-order valence-electron chi connectivity index (χ3n) is 5.20. The third kappa shape index (κ3) is 31.2. The van der Waals surface area contributed by atoms with E-state index in [1.54, 1.807) is 0 Å². The summed E-state index contributed by atoms with van der Waals surface area (Å²) in [5.74, 6) is -6.99. The third-order valence-corrected chi connectivity index (χ3v) is 6.37. The molecule has 2 amide bonds. The number of nitrogens with one attached hydrogen (secondary N) is 3. The molecular weight excluding hydrogens is 704 g/mol. The molecule has 0 saturated heterocycles. The molecule has 17 nitrogen and oxygen atoms in total. The summed E-state index contributed by atoms with van der Waals surface area (Å²) in [6.45, 7) is -0.0359. The van der Waals surface area contributed by atoms with Crippen molar-refractivity contribution in [2.45, 2.75) is 82.3 Å². The Morgan fingerprint density at radius 1 is 0.651 bits per heavy atom. The van der Waals surface area contributed by atoms with Crippen molar-refractivity contribution in [2.75, 3.05) is 13.2 Å². The summed E-state index contributed by atoms with van der Waals surface area (Å²) in [5, 5.41) is 42.6. The number of hydrogen-bond acceptors (Lipinski definition) is 9. The number of hydrogen-bond donors (Lipinski definition) is 9. The molecule has 0 aromatic heterocycles. The van der Waals surface area contributed by atoms with Crippen LogP contribution in [0.2, 0.25) is 0 Å². The van der Waals surface area contributed by atoms with Gasteiger partial charge in [0.15, 0.2) is 0 Å². The van der Waals surface area contributed by atoms with Gasteiger partial charge in [0.2, 0.25) is 11.8 Å². The summed E-state index contributed by atoms with van der Waals surface area (Å²) in [6, 6.07) is -4.49. The Kier molecular flexibility index (Phi) is 42.4. The Balaban J connectivity index is -0.00000120. The maximum absolute atomic E-state index is 12.2. The maximum atomic E-state index is 12.2. The van der Waals surface area contributed by atoms with Crippen molar-refractivity contribution in [1.29, 1.82) is 0 Å². The first kappa shape index (κ1) is 55.8. The van der Waals surface area contributed by atoms with Gasteiger partial charge in [0, 0.05) is 19.3 Å². The Bertz CT molecular complexity index is 920. The van der Waals surface area contributed by atoms with Crippen molar-refractivity contribution in [2.24, 2.45) is 5.73 Å². The van der Waals surface area contributed by atoms with E-state index in [9.17, 15) is 48.4 Å². The molecule has 0 aliphatic heterocycles. The van der Waals surface area contributed by atoms with Gasteiger partial charge in [0.05, 0.1) is 6.61 Å². The number of amides is 2. The van der Waals surface area contributed by atoms with Crippen LogP contribution in [0.1, 0.15) is 64.2 Å². The van der Waals surface area contributed by atoms with Crippen LogP contribution in [0.3, 0.4) is 0 Å². The molecule has 0 aliphatic carbocycles. The van der Waals surface area contributed by atoms with E-state index < -0.39 is 87.4 Å². The van der Waals surface area contributed by atoms with Gasteiger partial charge in [-0.25, -0.2) is 19.2 Å². The van der Waals surface area contributed by atoms with Crippen LogP contribution in [-0.4, -0.2) is 92.3 Å². The normalized spacial score (nSPS) is 13.4. The topological polar surface area (TPSA) is 292 Å². The minimum atomic E-state index is -4.68. The molecule has 0 aliphatic rings. The van der Waals surface area contributed by atoms with E-state index in [1.807, 2.05) is 5.09 Å². The fourth-order valence-corrected chi connectivity index (χ4v) is 4.24. The van der Waals surface area contributed by atoms with Gasteiger partial charge in [-0.1, -0.05) is 6.42 Å². The Morgan fingerprint density at radius 2 is 1.12 bits per heavy atom. The summed E-state index contributed by atoms with van der Waals surface area (Å²) in [7, 11) is -4.68. The van der Waals surface area contributed by atoms with E-state index in [-0.39, 0.29) is 231 Å². The SMILES string of the molecule is NCCCCCC(=O)N[C@@H](CCC(=O)N[C@@H](CCCOP(=O)(O)N[C@@H](CCC(=O)O)C(=O)O)C(=O)O)C(=O)O.[K+].[K+].[K+].[K+]. The molecule has 0 bridgehead atoms. The summed E-state index contributed by atoms with van der Waals surface area (Å²) in [4.78, 5) is 78.4. The quantitative estimate of drug-likeness (QED) is 0.0267. The molecule has 0 spiro atoms. The van der Waals surface area contributed by atoms with E-state index in [0.29, 0.717) is 19.4 Å². The largest absolute Gasteiger partial charge is 1.00 e. The van der Waals surface area contributed by atoms with Gasteiger partial charge in [-0.3, -0.25) is 23.7 Å². The molecule has 1 unspecified atom stereocenters. The van der Waals surface area contributed by atoms with Crippen molar-refractivity contribution in [3.63, 3.8) is 0 Å². The summed E-state index contributed by atoms with van der Waals surface area (Å²) in [6.07, 6.45) is -0.160. The molecule has 0 aromatic carbocycles. The predicted octanol–water partition coefficient (Wildman–Crippen LogP) is -12.8. The van der Waals surface area contributed by atoms with E-state index in [2.05, 4.69) is 10.6 Å². The zero-order valence-corrected chi connectivity index (χ0v) is 38.6. The smallest absolute Gasteiger partial charge is 0.481 e. The predicted molar refractivity (Wildman–Crippen MR) is 132 cm³/mol. The molecule has 43 heavy (non-hydrogen) atoms. The molecule has 4 atom stereocenters. The van der Waals surface area contributed by atoms with Crippen molar-refractivity contribution in [3.8, 4) is 0 Å². The van der Waals surface area contributed by atoms with Gasteiger partial charge < -0.3 is 41.7 Å². The second kappa shape index (κ2) is 32.6. The van der Waals surface area contributed by atoms with E-state index in [4.69, 9.17) is 20.5 Å². The molecular formula is C21H37K4N4O13P+4. The minimum absolute atomic E-state index is 0. The molecule has 10 N–H and O–H groups in total.